The summed E-state index contributed by atoms with van der Waals surface area (Å²) in [5, 5.41) is 0. The second-order valence-corrected chi connectivity index (χ2v) is 5.83. The van der Waals surface area contributed by atoms with Gasteiger partial charge in [0.1, 0.15) is 5.78 Å². The standard InChI is InChI=1S/C14H24O3/c1-11(15)5-4-7-14-8-6-12(14)13(2,16-3)17-10-9-14/h12H,4-10H2,1-3H3/t12-,13?,14+/m0/s1. The zero-order valence-electron chi connectivity index (χ0n) is 11.3. The summed E-state index contributed by atoms with van der Waals surface area (Å²) < 4.78 is 11.4. The van der Waals surface area contributed by atoms with Gasteiger partial charge in [0.25, 0.3) is 0 Å². The van der Waals surface area contributed by atoms with Crippen LogP contribution in [0.3, 0.4) is 0 Å². The van der Waals surface area contributed by atoms with Crippen LogP contribution in [0.5, 0.6) is 0 Å². The third-order valence-corrected chi connectivity index (χ3v) is 4.90. The fourth-order valence-electron chi connectivity index (χ4n) is 3.69. The van der Waals surface area contributed by atoms with Gasteiger partial charge >= 0.3 is 0 Å². The smallest absolute Gasteiger partial charge is 0.168 e. The van der Waals surface area contributed by atoms with Crippen molar-refractivity contribution >= 4 is 5.78 Å². The first-order valence-corrected chi connectivity index (χ1v) is 6.71. The summed E-state index contributed by atoms with van der Waals surface area (Å²) >= 11 is 0. The SMILES string of the molecule is COC1(C)OCC[C@@]2(CCCC(C)=O)CC[C@@H]12. The van der Waals surface area contributed by atoms with Crippen LogP contribution in [0.4, 0.5) is 0 Å². The topological polar surface area (TPSA) is 35.5 Å². The normalized spacial score (nSPS) is 40.5. The van der Waals surface area contributed by atoms with Crippen LogP contribution in [-0.2, 0) is 14.3 Å². The molecule has 0 radical (unpaired) electrons. The van der Waals surface area contributed by atoms with Crippen molar-refractivity contribution in [2.75, 3.05) is 13.7 Å². The number of ether oxygens (including phenoxy) is 2. The van der Waals surface area contributed by atoms with Crippen LogP contribution in [0.25, 0.3) is 0 Å². The highest BCUT2D eigenvalue weighted by Gasteiger charge is 2.57. The van der Waals surface area contributed by atoms with Gasteiger partial charge in [0, 0.05) is 19.4 Å². The molecule has 0 aromatic rings. The summed E-state index contributed by atoms with van der Waals surface area (Å²) in [6.45, 7) is 4.54. The van der Waals surface area contributed by atoms with Gasteiger partial charge in [-0.3, -0.25) is 0 Å². The molecule has 17 heavy (non-hydrogen) atoms. The third kappa shape index (κ3) is 2.27. The first-order chi connectivity index (χ1) is 8.02. The first kappa shape index (κ1) is 13.0. The average molecular weight is 240 g/mol. The Labute approximate surface area is 104 Å². The molecular weight excluding hydrogens is 216 g/mol. The van der Waals surface area contributed by atoms with E-state index in [0.717, 1.165) is 32.3 Å². The Hall–Kier alpha value is -0.410. The van der Waals surface area contributed by atoms with E-state index in [0.29, 0.717) is 17.1 Å². The highest BCUT2D eigenvalue weighted by atomic mass is 16.7. The fraction of sp³-hybridized carbons (Fsp3) is 0.929. The van der Waals surface area contributed by atoms with Crippen molar-refractivity contribution in [3.63, 3.8) is 0 Å². The van der Waals surface area contributed by atoms with Gasteiger partial charge in [-0.15, -0.1) is 0 Å². The van der Waals surface area contributed by atoms with E-state index in [9.17, 15) is 4.79 Å². The van der Waals surface area contributed by atoms with Crippen LogP contribution in [0.15, 0.2) is 0 Å². The molecule has 1 saturated carbocycles. The Kier molecular flexibility index (Phi) is 3.60. The number of Topliss-reactive ketones (excluding diaryl/α,β-unsaturated/α-hetero) is 1. The first-order valence-electron chi connectivity index (χ1n) is 6.71. The Bertz CT molecular complexity index is 302. The minimum absolute atomic E-state index is 0.304. The van der Waals surface area contributed by atoms with Gasteiger partial charge in [-0.1, -0.05) is 0 Å². The lowest BCUT2D eigenvalue weighted by molar-refractivity contribution is -0.321. The van der Waals surface area contributed by atoms with E-state index < -0.39 is 5.79 Å². The number of fused-ring (bicyclic) bond motifs is 1. The highest BCUT2D eigenvalue weighted by Crippen LogP contribution is 2.60. The van der Waals surface area contributed by atoms with Crippen molar-refractivity contribution in [1.29, 1.82) is 0 Å². The van der Waals surface area contributed by atoms with E-state index in [1.54, 1.807) is 14.0 Å². The van der Waals surface area contributed by atoms with Crippen molar-refractivity contribution in [2.45, 2.75) is 58.2 Å². The zero-order valence-corrected chi connectivity index (χ0v) is 11.3. The molecule has 1 aliphatic carbocycles. The van der Waals surface area contributed by atoms with E-state index in [4.69, 9.17) is 9.47 Å². The second kappa shape index (κ2) is 4.69. The molecule has 0 bridgehead atoms. The molecule has 0 N–H and O–H groups in total. The molecule has 0 amide bonds. The monoisotopic (exact) mass is 240 g/mol. The number of carbonyl (C=O) groups is 1. The molecule has 2 fully saturated rings. The Morgan fingerprint density at radius 3 is 2.76 bits per heavy atom. The summed E-state index contributed by atoms with van der Waals surface area (Å²) in [6.07, 6.45) is 6.50. The fourth-order valence-corrected chi connectivity index (χ4v) is 3.69. The largest absolute Gasteiger partial charge is 0.353 e. The van der Waals surface area contributed by atoms with Crippen molar-refractivity contribution in [2.24, 2.45) is 11.3 Å². The molecule has 1 aliphatic heterocycles. The number of hydrogen-bond donors (Lipinski definition) is 0. The lowest BCUT2D eigenvalue weighted by Gasteiger charge is -2.59. The van der Waals surface area contributed by atoms with Crippen molar-refractivity contribution in [3.8, 4) is 0 Å². The van der Waals surface area contributed by atoms with Crippen molar-refractivity contribution in [3.05, 3.63) is 0 Å². The van der Waals surface area contributed by atoms with Crippen LogP contribution in [0.1, 0.15) is 52.4 Å². The quantitative estimate of drug-likeness (QED) is 0.741. The van der Waals surface area contributed by atoms with Crippen molar-refractivity contribution in [1.82, 2.24) is 0 Å². The number of ketones is 1. The molecule has 98 valence electrons. The number of methoxy groups -OCH3 is 1. The van der Waals surface area contributed by atoms with Gasteiger partial charge in [0.15, 0.2) is 5.79 Å². The summed E-state index contributed by atoms with van der Waals surface area (Å²) in [4.78, 5) is 11.0. The molecule has 2 aliphatic rings. The van der Waals surface area contributed by atoms with E-state index in [2.05, 4.69) is 6.92 Å². The third-order valence-electron chi connectivity index (χ3n) is 4.90. The van der Waals surface area contributed by atoms with Gasteiger partial charge in [0.2, 0.25) is 0 Å². The molecule has 0 aromatic carbocycles. The number of rotatable bonds is 5. The van der Waals surface area contributed by atoms with Gasteiger partial charge < -0.3 is 14.3 Å². The zero-order chi connectivity index (χ0) is 12.5. The summed E-state index contributed by atoms with van der Waals surface area (Å²) in [5.41, 5.74) is 0.387. The molecule has 3 heteroatoms. The van der Waals surface area contributed by atoms with Gasteiger partial charge in [-0.05, 0) is 51.4 Å². The molecule has 0 aromatic heterocycles. The maximum atomic E-state index is 11.0. The van der Waals surface area contributed by atoms with Crippen LogP contribution < -0.4 is 0 Å². The summed E-state index contributed by atoms with van der Waals surface area (Å²) in [5.74, 6) is 0.423. The van der Waals surface area contributed by atoms with Crippen LogP contribution in [-0.4, -0.2) is 25.3 Å². The molecule has 1 saturated heterocycles. The maximum absolute atomic E-state index is 11.0. The Morgan fingerprint density at radius 2 is 2.24 bits per heavy atom. The minimum Gasteiger partial charge on any atom is -0.353 e. The molecule has 3 atom stereocenters. The number of hydrogen-bond acceptors (Lipinski definition) is 3. The summed E-state index contributed by atoms with van der Waals surface area (Å²) in [7, 11) is 1.74. The lowest BCUT2D eigenvalue weighted by atomic mass is 9.52. The maximum Gasteiger partial charge on any atom is 0.168 e. The van der Waals surface area contributed by atoms with Crippen molar-refractivity contribution < 1.29 is 14.3 Å². The molecular formula is C14H24O3. The molecule has 1 unspecified atom stereocenters. The molecule has 1 heterocycles. The van der Waals surface area contributed by atoms with Gasteiger partial charge in [-0.25, -0.2) is 0 Å². The van der Waals surface area contributed by atoms with E-state index in [1.807, 2.05) is 0 Å². The predicted octanol–water partition coefficient (Wildman–Crippen LogP) is 2.93. The second-order valence-electron chi connectivity index (χ2n) is 5.83. The average Bonchev–Trinajstić information content (AvgIpc) is 2.23. The van der Waals surface area contributed by atoms with Crippen LogP contribution >= 0.6 is 0 Å². The van der Waals surface area contributed by atoms with Gasteiger partial charge in [-0.2, -0.15) is 0 Å². The van der Waals surface area contributed by atoms with E-state index in [-0.39, 0.29) is 0 Å². The molecule has 3 nitrogen and oxygen atoms in total. The Balaban J connectivity index is 1.97. The number of carbonyl (C=O) groups excluding carboxylic acids is 1. The lowest BCUT2D eigenvalue weighted by Crippen LogP contribution is -2.59. The van der Waals surface area contributed by atoms with Crippen LogP contribution in [0, 0.1) is 11.3 Å². The van der Waals surface area contributed by atoms with Gasteiger partial charge in [0.05, 0.1) is 6.61 Å². The minimum atomic E-state index is -0.396. The molecule has 2 rings (SSSR count). The van der Waals surface area contributed by atoms with E-state index in [1.165, 1.54) is 12.8 Å². The highest BCUT2D eigenvalue weighted by molar-refractivity contribution is 5.75. The predicted molar refractivity (Wildman–Crippen MR) is 65.7 cm³/mol. The van der Waals surface area contributed by atoms with E-state index >= 15 is 0 Å². The summed E-state index contributed by atoms with van der Waals surface area (Å²) in [6, 6.07) is 0. The molecule has 0 spiro atoms. The van der Waals surface area contributed by atoms with Crippen LogP contribution in [0.2, 0.25) is 0 Å². The Morgan fingerprint density at radius 1 is 1.47 bits per heavy atom.